The molecule has 1 heterocycles. The normalized spacial score (nSPS) is 12.9. The number of carbonyl (C=O) groups is 2. The van der Waals surface area contributed by atoms with Gasteiger partial charge in [-0.15, -0.1) is 0 Å². The summed E-state index contributed by atoms with van der Waals surface area (Å²) in [7, 11) is -4.04. The van der Waals surface area contributed by atoms with Gasteiger partial charge < -0.3 is 14.6 Å². The zero-order valence-corrected chi connectivity index (χ0v) is 18.8. The molecule has 0 aliphatic heterocycles. The average Bonchev–Trinajstić information content (AvgIpc) is 3.18. The Bertz CT molecular complexity index is 983. The van der Waals surface area contributed by atoms with E-state index in [0.29, 0.717) is 12.2 Å². The number of carbonyl (C=O) groups excluding carboxylic acids is 2. The number of rotatable bonds is 9. The first-order valence-electron chi connectivity index (χ1n) is 9.82. The molecule has 1 atom stereocenters. The molecular weight excluding hydrogens is 425 g/mol. The van der Waals surface area contributed by atoms with Crippen LogP contribution in [0.25, 0.3) is 0 Å². The Morgan fingerprint density at radius 3 is 2.32 bits per heavy atom. The van der Waals surface area contributed by atoms with Gasteiger partial charge in [-0.2, -0.15) is 0 Å². The Labute approximate surface area is 181 Å². The molecule has 0 aliphatic carbocycles. The highest BCUT2D eigenvalue weighted by atomic mass is 32.2. The second kappa shape index (κ2) is 10.1. The van der Waals surface area contributed by atoms with Gasteiger partial charge in [0.05, 0.1) is 24.2 Å². The Hall–Kier alpha value is -2.72. The predicted molar refractivity (Wildman–Crippen MR) is 113 cm³/mol. The lowest BCUT2D eigenvalue weighted by Gasteiger charge is -2.32. The van der Waals surface area contributed by atoms with Gasteiger partial charge in [0.25, 0.3) is 0 Å². The molecule has 170 valence electrons. The molecule has 1 aromatic carbocycles. The highest BCUT2D eigenvalue weighted by Gasteiger charge is 2.31. The Balaban J connectivity index is 2.21. The van der Waals surface area contributed by atoms with Crippen LogP contribution in [0, 0.1) is 5.82 Å². The molecule has 10 heteroatoms. The zero-order valence-electron chi connectivity index (χ0n) is 18.0. The molecular formula is C21H28FN3O5S. The summed E-state index contributed by atoms with van der Waals surface area (Å²) in [6.07, 6.45) is 1.77. The number of hydrogen-bond acceptors (Lipinski definition) is 5. The average molecular weight is 454 g/mol. The molecule has 2 aromatic rings. The highest BCUT2D eigenvalue weighted by Crippen LogP contribution is 2.15. The highest BCUT2D eigenvalue weighted by molar-refractivity contribution is 7.89. The molecule has 1 unspecified atom stereocenters. The third-order valence-electron chi connectivity index (χ3n) is 4.33. The SMILES string of the molecule is CCC(C(=O)NC(C)(C)C)N(Cc1ccco1)C(=O)CNS(=O)(=O)c1ccc(F)cc1. The molecule has 8 nitrogen and oxygen atoms in total. The molecule has 0 bridgehead atoms. The molecule has 0 aliphatic rings. The van der Waals surface area contributed by atoms with Gasteiger partial charge in [-0.05, 0) is 63.6 Å². The summed E-state index contributed by atoms with van der Waals surface area (Å²) in [6, 6.07) is 6.74. The summed E-state index contributed by atoms with van der Waals surface area (Å²) in [6.45, 7) is 6.67. The first-order valence-corrected chi connectivity index (χ1v) is 11.3. The van der Waals surface area contributed by atoms with Crippen molar-refractivity contribution < 1.29 is 26.8 Å². The number of amides is 2. The Kier molecular flexibility index (Phi) is 7.96. The van der Waals surface area contributed by atoms with Gasteiger partial charge >= 0.3 is 0 Å². The first-order chi connectivity index (χ1) is 14.4. The molecule has 2 amide bonds. The molecule has 0 saturated carbocycles. The number of hydrogen-bond donors (Lipinski definition) is 2. The zero-order chi connectivity index (χ0) is 23.2. The van der Waals surface area contributed by atoms with Gasteiger partial charge in [-0.3, -0.25) is 9.59 Å². The number of nitrogens with zero attached hydrogens (tertiary/aromatic N) is 1. The lowest BCUT2D eigenvalue weighted by Crippen LogP contribution is -2.54. The van der Waals surface area contributed by atoms with Crippen LogP contribution < -0.4 is 10.0 Å². The number of benzene rings is 1. The van der Waals surface area contributed by atoms with Crippen LogP contribution in [0.4, 0.5) is 4.39 Å². The standard InChI is InChI=1S/C21H28FN3O5S/c1-5-18(20(27)24-21(2,3)4)25(14-16-7-6-12-30-16)19(26)13-23-31(28,29)17-10-8-15(22)9-11-17/h6-12,18,23H,5,13-14H2,1-4H3,(H,24,27). The molecule has 2 N–H and O–H groups in total. The second-order valence-corrected chi connectivity index (χ2v) is 9.81. The fourth-order valence-electron chi connectivity index (χ4n) is 2.90. The maximum Gasteiger partial charge on any atom is 0.243 e. The Morgan fingerprint density at radius 2 is 1.81 bits per heavy atom. The van der Waals surface area contributed by atoms with E-state index >= 15 is 0 Å². The lowest BCUT2D eigenvalue weighted by molar-refractivity contribution is -0.141. The maximum atomic E-state index is 13.1. The van der Waals surface area contributed by atoms with E-state index in [2.05, 4.69) is 10.0 Å². The number of nitrogens with one attached hydrogen (secondary N) is 2. The van der Waals surface area contributed by atoms with E-state index in [-0.39, 0.29) is 17.3 Å². The number of halogens is 1. The smallest absolute Gasteiger partial charge is 0.243 e. The van der Waals surface area contributed by atoms with Gasteiger partial charge in [0.1, 0.15) is 17.6 Å². The third-order valence-corrected chi connectivity index (χ3v) is 5.74. The summed E-state index contributed by atoms with van der Waals surface area (Å²) >= 11 is 0. The van der Waals surface area contributed by atoms with Crippen molar-refractivity contribution in [2.24, 2.45) is 0 Å². The van der Waals surface area contributed by atoms with Crippen LogP contribution in [-0.4, -0.2) is 43.3 Å². The van der Waals surface area contributed by atoms with E-state index in [0.717, 1.165) is 24.3 Å². The molecule has 2 rings (SSSR count). The van der Waals surface area contributed by atoms with Crippen molar-refractivity contribution in [2.75, 3.05) is 6.54 Å². The van der Waals surface area contributed by atoms with E-state index in [9.17, 15) is 22.4 Å². The van der Waals surface area contributed by atoms with E-state index < -0.39 is 39.9 Å². The van der Waals surface area contributed by atoms with Crippen molar-refractivity contribution in [3.05, 3.63) is 54.2 Å². The molecule has 0 spiro atoms. The summed E-state index contributed by atoms with van der Waals surface area (Å²) in [5.41, 5.74) is -0.506. The predicted octanol–water partition coefficient (Wildman–Crippen LogP) is 2.42. The van der Waals surface area contributed by atoms with Crippen molar-refractivity contribution in [1.29, 1.82) is 0 Å². The van der Waals surface area contributed by atoms with Crippen LogP contribution in [-0.2, 0) is 26.2 Å². The quantitative estimate of drug-likeness (QED) is 0.606. The maximum absolute atomic E-state index is 13.1. The lowest BCUT2D eigenvalue weighted by atomic mass is 10.1. The number of furan rings is 1. The van der Waals surface area contributed by atoms with Gasteiger partial charge in [0.2, 0.25) is 21.8 Å². The summed E-state index contributed by atoms with van der Waals surface area (Å²) in [5, 5.41) is 2.85. The van der Waals surface area contributed by atoms with Gasteiger partial charge in [0.15, 0.2) is 0 Å². The van der Waals surface area contributed by atoms with Crippen molar-refractivity contribution in [2.45, 2.75) is 57.1 Å². The van der Waals surface area contributed by atoms with Crippen LogP contribution in [0.1, 0.15) is 39.9 Å². The van der Waals surface area contributed by atoms with E-state index in [1.54, 1.807) is 19.1 Å². The fraction of sp³-hybridized carbons (Fsp3) is 0.429. The van der Waals surface area contributed by atoms with Gasteiger partial charge in [0, 0.05) is 5.54 Å². The van der Waals surface area contributed by atoms with Crippen molar-refractivity contribution in [3.63, 3.8) is 0 Å². The topological polar surface area (TPSA) is 109 Å². The monoisotopic (exact) mass is 453 g/mol. The minimum Gasteiger partial charge on any atom is -0.467 e. The largest absolute Gasteiger partial charge is 0.467 e. The molecule has 31 heavy (non-hydrogen) atoms. The van der Waals surface area contributed by atoms with Gasteiger partial charge in [-0.1, -0.05) is 6.92 Å². The van der Waals surface area contributed by atoms with Crippen molar-refractivity contribution >= 4 is 21.8 Å². The second-order valence-electron chi connectivity index (χ2n) is 8.04. The van der Waals surface area contributed by atoms with Crippen LogP contribution in [0.5, 0.6) is 0 Å². The van der Waals surface area contributed by atoms with Crippen molar-refractivity contribution in [3.8, 4) is 0 Å². The summed E-state index contributed by atoms with van der Waals surface area (Å²) in [5.74, 6) is -1.07. The van der Waals surface area contributed by atoms with E-state index in [1.165, 1.54) is 11.2 Å². The fourth-order valence-corrected chi connectivity index (χ4v) is 3.87. The summed E-state index contributed by atoms with van der Waals surface area (Å²) < 4.78 is 45.5. The first kappa shape index (κ1) is 24.5. The Morgan fingerprint density at radius 1 is 1.16 bits per heavy atom. The van der Waals surface area contributed by atoms with E-state index in [1.807, 2.05) is 20.8 Å². The number of sulfonamides is 1. The third kappa shape index (κ3) is 7.18. The minimum absolute atomic E-state index is 0.000177. The van der Waals surface area contributed by atoms with E-state index in [4.69, 9.17) is 4.42 Å². The minimum atomic E-state index is -4.04. The van der Waals surface area contributed by atoms with Gasteiger partial charge in [-0.25, -0.2) is 17.5 Å². The van der Waals surface area contributed by atoms with Crippen LogP contribution in [0.2, 0.25) is 0 Å². The molecule has 1 aromatic heterocycles. The molecule has 0 fully saturated rings. The molecule has 0 radical (unpaired) electrons. The van der Waals surface area contributed by atoms with Crippen LogP contribution in [0.15, 0.2) is 52.0 Å². The van der Waals surface area contributed by atoms with Crippen LogP contribution >= 0.6 is 0 Å². The van der Waals surface area contributed by atoms with Crippen LogP contribution in [0.3, 0.4) is 0 Å². The molecule has 0 saturated heterocycles. The summed E-state index contributed by atoms with van der Waals surface area (Å²) in [4.78, 5) is 26.9. The van der Waals surface area contributed by atoms with Crippen molar-refractivity contribution in [1.82, 2.24) is 14.9 Å².